The maximum atomic E-state index is 12.0. The third-order valence-corrected chi connectivity index (χ3v) is 4.91. The van der Waals surface area contributed by atoms with Crippen LogP contribution in [0.25, 0.3) is 11.0 Å². The van der Waals surface area contributed by atoms with E-state index < -0.39 is 18.5 Å². The minimum atomic E-state index is -0.521. The molecule has 2 aromatic heterocycles. The van der Waals surface area contributed by atoms with Crippen molar-refractivity contribution < 1.29 is 18.7 Å². The Morgan fingerprint density at radius 1 is 1.31 bits per heavy atom. The molecule has 0 unspecified atom stereocenters. The zero-order chi connectivity index (χ0) is 18.7. The Balaban J connectivity index is 1.59. The highest BCUT2D eigenvalue weighted by atomic mass is 32.1. The van der Waals surface area contributed by atoms with Gasteiger partial charge in [0.05, 0.1) is 18.2 Å². The van der Waals surface area contributed by atoms with E-state index in [2.05, 4.69) is 5.32 Å². The molecule has 3 aromatic rings. The topological polar surface area (TPSA) is 92.3 Å². The van der Waals surface area contributed by atoms with Gasteiger partial charge in [-0.25, -0.2) is 0 Å². The third-order valence-electron chi connectivity index (χ3n) is 4.08. The molecule has 7 heteroatoms. The lowest BCUT2D eigenvalue weighted by atomic mass is 10.0. The Morgan fingerprint density at radius 3 is 2.88 bits per heavy atom. The molecule has 0 aliphatic heterocycles. The molecule has 3 rings (SSSR count). The summed E-state index contributed by atoms with van der Waals surface area (Å²) in [7, 11) is 0. The number of benzene rings is 1. The maximum Gasteiger partial charge on any atom is 0.310 e. The van der Waals surface area contributed by atoms with E-state index in [0.29, 0.717) is 10.6 Å². The van der Waals surface area contributed by atoms with Crippen LogP contribution in [0, 0.1) is 25.2 Å². The standard InChI is InChI=1S/C19H16N2O4S/c1-11-3-4-15-14(9-25-18(15)12(11)2)7-17(23)24-10-16(22)21-19-13(8-20)5-6-26-19/h3-6,9H,7,10H2,1-2H3,(H,21,22). The van der Waals surface area contributed by atoms with Gasteiger partial charge in [0.1, 0.15) is 16.7 Å². The number of carbonyl (C=O) groups excluding carboxylic acids is 2. The van der Waals surface area contributed by atoms with E-state index in [9.17, 15) is 9.59 Å². The molecule has 0 saturated carbocycles. The van der Waals surface area contributed by atoms with Crippen molar-refractivity contribution in [3.05, 3.63) is 52.1 Å². The van der Waals surface area contributed by atoms with Crippen molar-refractivity contribution in [3.63, 3.8) is 0 Å². The SMILES string of the molecule is Cc1ccc2c(CC(=O)OCC(=O)Nc3sccc3C#N)coc2c1C. The van der Waals surface area contributed by atoms with Gasteiger partial charge in [-0.2, -0.15) is 5.26 Å². The molecule has 6 nitrogen and oxygen atoms in total. The Morgan fingerprint density at radius 2 is 2.12 bits per heavy atom. The van der Waals surface area contributed by atoms with Crippen LogP contribution in [-0.4, -0.2) is 18.5 Å². The quantitative estimate of drug-likeness (QED) is 0.693. The molecular weight excluding hydrogens is 352 g/mol. The number of fused-ring (bicyclic) bond motifs is 1. The van der Waals surface area contributed by atoms with Crippen molar-refractivity contribution in [2.24, 2.45) is 0 Å². The minimum absolute atomic E-state index is 0.0191. The predicted octanol–water partition coefficient (Wildman–Crippen LogP) is 3.71. The summed E-state index contributed by atoms with van der Waals surface area (Å²) >= 11 is 1.24. The first-order valence-corrected chi connectivity index (χ1v) is 8.77. The Labute approximate surface area is 154 Å². The molecule has 0 fully saturated rings. The Hall–Kier alpha value is -3.11. The molecule has 0 saturated heterocycles. The summed E-state index contributed by atoms with van der Waals surface area (Å²) in [4.78, 5) is 23.9. The van der Waals surface area contributed by atoms with Crippen LogP contribution in [0.4, 0.5) is 5.00 Å². The summed E-state index contributed by atoms with van der Waals surface area (Å²) < 4.78 is 10.6. The summed E-state index contributed by atoms with van der Waals surface area (Å²) in [5, 5.41) is 14.5. The van der Waals surface area contributed by atoms with Gasteiger partial charge in [0.15, 0.2) is 6.61 Å². The molecule has 0 aliphatic carbocycles. The van der Waals surface area contributed by atoms with Crippen molar-refractivity contribution in [3.8, 4) is 6.07 Å². The number of nitrogens with zero attached hydrogens (tertiary/aromatic N) is 1. The number of thiophene rings is 1. The van der Waals surface area contributed by atoms with Crippen LogP contribution < -0.4 is 5.32 Å². The number of aryl methyl sites for hydroxylation is 2. The number of anilines is 1. The number of esters is 1. The zero-order valence-corrected chi connectivity index (χ0v) is 15.1. The number of hydrogen-bond acceptors (Lipinski definition) is 6. The maximum absolute atomic E-state index is 12.0. The highest BCUT2D eigenvalue weighted by Gasteiger charge is 2.15. The van der Waals surface area contributed by atoms with Gasteiger partial charge in [0.25, 0.3) is 5.91 Å². The van der Waals surface area contributed by atoms with E-state index in [-0.39, 0.29) is 6.42 Å². The summed E-state index contributed by atoms with van der Waals surface area (Å²) in [6.45, 7) is 3.55. The fourth-order valence-corrected chi connectivity index (χ4v) is 3.29. The minimum Gasteiger partial charge on any atom is -0.464 e. The number of rotatable bonds is 5. The van der Waals surface area contributed by atoms with E-state index in [4.69, 9.17) is 14.4 Å². The second-order valence-corrected chi connectivity index (χ2v) is 6.72. The smallest absolute Gasteiger partial charge is 0.310 e. The van der Waals surface area contributed by atoms with E-state index in [1.54, 1.807) is 17.7 Å². The molecule has 2 heterocycles. The Kier molecular flexibility index (Phi) is 5.05. The average Bonchev–Trinajstić information content (AvgIpc) is 3.23. The first-order chi connectivity index (χ1) is 12.5. The molecule has 0 spiro atoms. The largest absolute Gasteiger partial charge is 0.464 e. The van der Waals surface area contributed by atoms with Crippen LogP contribution in [0.3, 0.4) is 0 Å². The summed E-state index contributed by atoms with van der Waals surface area (Å²) in [6, 6.07) is 7.48. The fourth-order valence-electron chi connectivity index (χ4n) is 2.53. The lowest BCUT2D eigenvalue weighted by Crippen LogP contribution is -2.21. The van der Waals surface area contributed by atoms with Gasteiger partial charge < -0.3 is 14.5 Å². The van der Waals surface area contributed by atoms with Gasteiger partial charge in [0.2, 0.25) is 0 Å². The van der Waals surface area contributed by atoms with E-state index in [1.165, 1.54) is 11.3 Å². The molecule has 1 aromatic carbocycles. The lowest BCUT2D eigenvalue weighted by molar-refractivity contribution is -0.146. The van der Waals surface area contributed by atoms with Gasteiger partial charge in [-0.15, -0.1) is 11.3 Å². The molecule has 132 valence electrons. The number of furan rings is 1. The van der Waals surface area contributed by atoms with Crippen LogP contribution in [0.15, 0.2) is 34.3 Å². The van der Waals surface area contributed by atoms with Gasteiger partial charge in [-0.3, -0.25) is 9.59 Å². The van der Waals surface area contributed by atoms with E-state index in [0.717, 1.165) is 27.7 Å². The molecule has 26 heavy (non-hydrogen) atoms. The number of carbonyl (C=O) groups is 2. The van der Waals surface area contributed by atoms with E-state index in [1.807, 2.05) is 32.0 Å². The van der Waals surface area contributed by atoms with E-state index >= 15 is 0 Å². The average molecular weight is 368 g/mol. The fraction of sp³-hybridized carbons (Fsp3) is 0.211. The molecule has 1 amide bonds. The summed E-state index contributed by atoms with van der Waals surface area (Å²) in [6.07, 6.45) is 1.56. The van der Waals surface area contributed by atoms with Gasteiger partial charge >= 0.3 is 5.97 Å². The summed E-state index contributed by atoms with van der Waals surface area (Å²) in [5.41, 5.74) is 4.00. The number of hydrogen-bond donors (Lipinski definition) is 1. The molecule has 1 N–H and O–H groups in total. The first kappa shape index (κ1) is 17.7. The first-order valence-electron chi connectivity index (χ1n) is 7.89. The number of nitriles is 1. The number of ether oxygens (including phenoxy) is 1. The van der Waals surface area contributed by atoms with Crippen molar-refractivity contribution in [2.45, 2.75) is 20.3 Å². The number of nitrogens with one attached hydrogen (secondary N) is 1. The van der Waals surface area contributed by atoms with Crippen LogP contribution >= 0.6 is 11.3 Å². The monoisotopic (exact) mass is 368 g/mol. The lowest BCUT2D eigenvalue weighted by Gasteiger charge is -2.05. The van der Waals surface area contributed by atoms with Crippen LogP contribution in [0.1, 0.15) is 22.3 Å². The van der Waals surface area contributed by atoms with Crippen LogP contribution in [0.5, 0.6) is 0 Å². The van der Waals surface area contributed by atoms with Crippen LogP contribution in [0.2, 0.25) is 0 Å². The highest BCUT2D eigenvalue weighted by Crippen LogP contribution is 2.27. The summed E-state index contributed by atoms with van der Waals surface area (Å²) in [5.74, 6) is -1.01. The second kappa shape index (κ2) is 7.42. The Bertz CT molecular complexity index is 1030. The molecule has 0 aliphatic rings. The van der Waals surface area contributed by atoms with Gasteiger partial charge in [-0.1, -0.05) is 12.1 Å². The third kappa shape index (κ3) is 3.60. The molecular formula is C19H16N2O4S. The van der Waals surface area contributed by atoms with Crippen molar-refractivity contribution in [2.75, 3.05) is 11.9 Å². The highest BCUT2D eigenvalue weighted by molar-refractivity contribution is 7.14. The molecule has 0 radical (unpaired) electrons. The normalized spacial score (nSPS) is 10.5. The predicted molar refractivity (Wildman–Crippen MR) is 98.0 cm³/mol. The van der Waals surface area contributed by atoms with Gasteiger partial charge in [-0.05, 0) is 36.4 Å². The second-order valence-electron chi connectivity index (χ2n) is 5.81. The van der Waals surface area contributed by atoms with Crippen molar-refractivity contribution >= 4 is 39.2 Å². The van der Waals surface area contributed by atoms with Crippen LogP contribution in [-0.2, 0) is 20.7 Å². The molecule has 0 atom stereocenters. The number of amides is 1. The zero-order valence-electron chi connectivity index (χ0n) is 14.3. The van der Waals surface area contributed by atoms with Gasteiger partial charge in [0, 0.05) is 10.9 Å². The molecule has 0 bridgehead atoms. The van der Waals surface area contributed by atoms with Crippen molar-refractivity contribution in [1.29, 1.82) is 5.26 Å². The van der Waals surface area contributed by atoms with Crippen molar-refractivity contribution in [1.82, 2.24) is 0 Å².